The van der Waals surface area contributed by atoms with Crippen LogP contribution in [0.4, 0.5) is 28.9 Å². The maximum atomic E-state index is 13.4. The number of alkyl halides is 3. The van der Waals surface area contributed by atoms with E-state index in [-0.39, 0.29) is 22.0 Å². The zero-order valence-corrected chi connectivity index (χ0v) is 11.1. The van der Waals surface area contributed by atoms with E-state index in [1.807, 2.05) is 0 Å². The lowest BCUT2D eigenvalue weighted by Crippen LogP contribution is -2.06. The summed E-state index contributed by atoms with van der Waals surface area (Å²) in [6, 6.07) is 8.33. The Bertz CT molecular complexity index is 720. The normalized spacial score (nSPS) is 11.0. The van der Waals surface area contributed by atoms with Crippen molar-refractivity contribution in [2.45, 2.75) is 6.18 Å². The molecule has 0 bridgehead atoms. The molecule has 2 nitrogen and oxygen atoms in total. The van der Waals surface area contributed by atoms with Gasteiger partial charge in [-0.05, 0) is 30.3 Å². The molecule has 0 spiro atoms. The third-order valence-corrected chi connectivity index (χ3v) is 2.85. The average molecular weight is 315 g/mol. The number of hydrogen-bond donors (Lipinski definition) is 1. The molecule has 0 heterocycles. The maximum absolute atomic E-state index is 13.4. The van der Waals surface area contributed by atoms with Crippen LogP contribution >= 0.6 is 11.6 Å². The van der Waals surface area contributed by atoms with Gasteiger partial charge in [0.05, 0.1) is 11.3 Å². The first-order valence-corrected chi connectivity index (χ1v) is 6.02. The quantitative estimate of drug-likeness (QED) is 0.782. The van der Waals surface area contributed by atoms with Crippen LogP contribution in [0.1, 0.15) is 11.1 Å². The van der Waals surface area contributed by atoms with Crippen LogP contribution in [-0.4, -0.2) is 0 Å². The fourth-order valence-electron chi connectivity index (χ4n) is 1.72. The van der Waals surface area contributed by atoms with Gasteiger partial charge in [0.15, 0.2) is 0 Å². The van der Waals surface area contributed by atoms with Crippen molar-refractivity contribution in [1.82, 2.24) is 0 Å². The zero-order valence-electron chi connectivity index (χ0n) is 10.3. The van der Waals surface area contributed by atoms with Crippen LogP contribution < -0.4 is 5.32 Å². The van der Waals surface area contributed by atoms with Gasteiger partial charge in [0.2, 0.25) is 0 Å². The molecule has 0 radical (unpaired) electrons. The highest BCUT2D eigenvalue weighted by Crippen LogP contribution is 2.34. The summed E-state index contributed by atoms with van der Waals surface area (Å²) in [6.45, 7) is 0. The Hall–Kier alpha value is -2.26. The molecule has 0 aliphatic carbocycles. The summed E-state index contributed by atoms with van der Waals surface area (Å²) in [5, 5.41) is 11.3. The smallest absolute Gasteiger partial charge is 0.354 e. The van der Waals surface area contributed by atoms with Crippen LogP contribution in [0, 0.1) is 17.1 Å². The van der Waals surface area contributed by atoms with Crippen molar-refractivity contribution in [2.24, 2.45) is 0 Å². The van der Waals surface area contributed by atoms with Crippen molar-refractivity contribution < 1.29 is 17.6 Å². The molecule has 0 atom stereocenters. The molecule has 108 valence electrons. The van der Waals surface area contributed by atoms with Crippen molar-refractivity contribution in [2.75, 3.05) is 5.32 Å². The summed E-state index contributed by atoms with van der Waals surface area (Å²) in [7, 11) is 0. The number of benzene rings is 2. The van der Waals surface area contributed by atoms with Crippen molar-refractivity contribution in [1.29, 1.82) is 5.26 Å². The highest BCUT2D eigenvalue weighted by atomic mass is 35.5. The summed E-state index contributed by atoms with van der Waals surface area (Å²) in [4.78, 5) is 0. The van der Waals surface area contributed by atoms with E-state index in [2.05, 4.69) is 5.32 Å². The van der Waals surface area contributed by atoms with E-state index in [1.165, 1.54) is 18.2 Å². The van der Waals surface area contributed by atoms with Gasteiger partial charge in [-0.3, -0.25) is 0 Å². The molecule has 0 fully saturated rings. The molecule has 2 aromatic rings. The van der Waals surface area contributed by atoms with Gasteiger partial charge < -0.3 is 5.32 Å². The summed E-state index contributed by atoms with van der Waals surface area (Å²) in [6.07, 6.45) is -4.55. The predicted molar refractivity (Wildman–Crippen MR) is 70.9 cm³/mol. The van der Waals surface area contributed by atoms with Gasteiger partial charge in [-0.15, -0.1) is 0 Å². The number of rotatable bonds is 2. The Labute approximate surface area is 122 Å². The fraction of sp³-hybridized carbons (Fsp3) is 0.0714. The zero-order chi connectivity index (χ0) is 15.6. The topological polar surface area (TPSA) is 35.8 Å². The average Bonchev–Trinajstić information content (AvgIpc) is 2.37. The number of nitrogens with zero attached hydrogens (tertiary/aromatic N) is 1. The molecular weight excluding hydrogens is 308 g/mol. The maximum Gasteiger partial charge on any atom is 0.416 e. The van der Waals surface area contributed by atoms with E-state index in [1.54, 1.807) is 6.07 Å². The van der Waals surface area contributed by atoms with Crippen LogP contribution in [0.5, 0.6) is 0 Å². The Morgan fingerprint density at radius 1 is 1.14 bits per heavy atom. The second kappa shape index (κ2) is 5.62. The van der Waals surface area contributed by atoms with Gasteiger partial charge in [0.25, 0.3) is 0 Å². The largest absolute Gasteiger partial charge is 0.416 e. The first-order chi connectivity index (χ1) is 9.81. The third kappa shape index (κ3) is 3.44. The van der Waals surface area contributed by atoms with Crippen LogP contribution in [0.25, 0.3) is 0 Å². The van der Waals surface area contributed by atoms with Crippen molar-refractivity contribution in [3.63, 3.8) is 0 Å². The van der Waals surface area contributed by atoms with Gasteiger partial charge in [-0.2, -0.15) is 18.4 Å². The molecule has 0 aliphatic rings. The minimum atomic E-state index is -4.55. The van der Waals surface area contributed by atoms with Crippen molar-refractivity contribution in [3.05, 3.63) is 58.4 Å². The lowest BCUT2D eigenvalue weighted by molar-refractivity contribution is -0.137. The summed E-state index contributed by atoms with van der Waals surface area (Å²) in [5.41, 5.74) is -1.15. The van der Waals surface area contributed by atoms with E-state index < -0.39 is 17.6 Å². The minimum Gasteiger partial charge on any atom is -0.354 e. The molecule has 2 rings (SSSR count). The highest BCUT2D eigenvalue weighted by Gasteiger charge is 2.31. The number of nitrogens with one attached hydrogen (secondary N) is 1. The van der Waals surface area contributed by atoms with Gasteiger partial charge >= 0.3 is 6.18 Å². The predicted octanol–water partition coefficient (Wildman–Crippen LogP) is 5.11. The first kappa shape index (κ1) is 15.1. The molecule has 1 N–H and O–H groups in total. The Kier molecular flexibility index (Phi) is 4.05. The van der Waals surface area contributed by atoms with Crippen molar-refractivity contribution in [3.8, 4) is 6.07 Å². The van der Waals surface area contributed by atoms with Crippen LogP contribution in [0.15, 0.2) is 36.4 Å². The Balaban J connectivity index is 2.44. The van der Waals surface area contributed by atoms with Crippen LogP contribution in [0.2, 0.25) is 5.02 Å². The number of anilines is 2. The lowest BCUT2D eigenvalue weighted by Gasteiger charge is -2.12. The number of hydrogen-bond acceptors (Lipinski definition) is 2. The van der Waals surface area contributed by atoms with Gasteiger partial charge in [0.1, 0.15) is 17.4 Å². The molecule has 7 heteroatoms. The molecule has 0 amide bonds. The lowest BCUT2D eigenvalue weighted by atomic mass is 10.1. The van der Waals surface area contributed by atoms with E-state index >= 15 is 0 Å². The first-order valence-electron chi connectivity index (χ1n) is 5.64. The molecular formula is C14H7ClF4N2. The monoisotopic (exact) mass is 314 g/mol. The Morgan fingerprint density at radius 3 is 2.48 bits per heavy atom. The second-order valence-corrected chi connectivity index (χ2v) is 4.56. The second-order valence-electron chi connectivity index (χ2n) is 4.13. The van der Waals surface area contributed by atoms with E-state index in [0.717, 1.165) is 18.2 Å². The molecule has 0 saturated heterocycles. The SMILES string of the molecule is N#Cc1c(F)cccc1Nc1cc(Cl)cc(C(F)(F)F)c1. The molecule has 0 saturated carbocycles. The third-order valence-electron chi connectivity index (χ3n) is 2.63. The van der Waals surface area contributed by atoms with Crippen molar-refractivity contribution >= 4 is 23.0 Å². The molecule has 2 aromatic carbocycles. The van der Waals surface area contributed by atoms with Gasteiger partial charge in [-0.25, -0.2) is 4.39 Å². The summed E-state index contributed by atoms with van der Waals surface area (Å²) >= 11 is 5.65. The van der Waals surface area contributed by atoms with E-state index in [9.17, 15) is 17.6 Å². The van der Waals surface area contributed by atoms with Gasteiger partial charge in [-0.1, -0.05) is 17.7 Å². The fourth-order valence-corrected chi connectivity index (χ4v) is 1.96. The van der Waals surface area contributed by atoms with Gasteiger partial charge in [0, 0.05) is 10.7 Å². The summed E-state index contributed by atoms with van der Waals surface area (Å²) in [5.74, 6) is -0.763. The standard InChI is InChI=1S/C14H7ClF4N2/c15-9-4-8(14(17,18)19)5-10(6-9)21-13-3-1-2-12(16)11(13)7-20/h1-6,21H. The summed E-state index contributed by atoms with van der Waals surface area (Å²) < 4.78 is 51.5. The molecule has 21 heavy (non-hydrogen) atoms. The molecule has 0 unspecified atom stereocenters. The number of halogens is 5. The Morgan fingerprint density at radius 2 is 1.86 bits per heavy atom. The number of nitriles is 1. The minimum absolute atomic E-state index is 0.0110. The highest BCUT2D eigenvalue weighted by molar-refractivity contribution is 6.31. The van der Waals surface area contributed by atoms with E-state index in [0.29, 0.717) is 0 Å². The molecule has 0 aliphatic heterocycles. The molecule has 0 aromatic heterocycles. The van der Waals surface area contributed by atoms with Crippen LogP contribution in [-0.2, 0) is 6.18 Å². The van der Waals surface area contributed by atoms with Crippen LogP contribution in [0.3, 0.4) is 0 Å². The van der Waals surface area contributed by atoms with E-state index in [4.69, 9.17) is 16.9 Å².